The van der Waals surface area contributed by atoms with Crippen molar-refractivity contribution >= 4 is 29.9 Å². The molecule has 0 aliphatic carbocycles. The van der Waals surface area contributed by atoms with Crippen molar-refractivity contribution in [2.24, 2.45) is 10.9 Å². The molecule has 1 N–H and O–H groups in total. The number of nitrogens with zero attached hydrogens (tertiary/aromatic N) is 5. The summed E-state index contributed by atoms with van der Waals surface area (Å²) in [6, 6.07) is 0. The summed E-state index contributed by atoms with van der Waals surface area (Å²) in [4.78, 5) is 13.9. The molecule has 2 rings (SSSR count). The fourth-order valence-electron chi connectivity index (χ4n) is 3.05. The van der Waals surface area contributed by atoms with Gasteiger partial charge in [0.2, 0.25) is 5.89 Å². The molecule has 2 heterocycles. The topological polar surface area (TPSA) is 79.0 Å². The monoisotopic (exact) mass is 494 g/mol. The van der Waals surface area contributed by atoms with E-state index in [0.717, 1.165) is 45.2 Å². The van der Waals surface area contributed by atoms with Crippen LogP contribution in [0, 0.1) is 5.92 Å². The first-order valence-electron chi connectivity index (χ1n) is 9.73. The fraction of sp³-hybridized carbons (Fsp3) is 0.833. The first kappa shape index (κ1) is 24.1. The first-order chi connectivity index (χ1) is 12.5. The van der Waals surface area contributed by atoms with E-state index in [-0.39, 0.29) is 30.1 Å². The maximum absolute atomic E-state index is 5.49. The van der Waals surface area contributed by atoms with E-state index in [1.807, 2.05) is 13.8 Å². The lowest BCUT2D eigenvalue weighted by Gasteiger charge is -2.37. The lowest BCUT2D eigenvalue weighted by molar-refractivity contribution is 0.0683. The zero-order chi connectivity index (χ0) is 18.9. The van der Waals surface area contributed by atoms with Crippen molar-refractivity contribution < 1.29 is 9.26 Å². The van der Waals surface area contributed by atoms with Crippen LogP contribution < -0.4 is 5.32 Å². The lowest BCUT2D eigenvalue weighted by Crippen LogP contribution is -2.53. The predicted molar refractivity (Wildman–Crippen MR) is 117 cm³/mol. The van der Waals surface area contributed by atoms with Crippen LogP contribution in [0.15, 0.2) is 9.52 Å². The smallest absolute Gasteiger partial charge is 0.248 e. The van der Waals surface area contributed by atoms with Gasteiger partial charge >= 0.3 is 0 Å². The zero-order valence-corrected chi connectivity index (χ0v) is 19.6. The molecule has 9 heteroatoms. The molecule has 1 aromatic heterocycles. The number of nitrogens with one attached hydrogen (secondary N) is 1. The van der Waals surface area contributed by atoms with Crippen molar-refractivity contribution in [3.8, 4) is 0 Å². The minimum atomic E-state index is -0.163. The number of ether oxygens (including phenoxy) is 1. The lowest BCUT2D eigenvalue weighted by atomic mass is 10.2. The molecule has 1 fully saturated rings. The van der Waals surface area contributed by atoms with E-state index in [0.29, 0.717) is 30.8 Å². The standard InChI is InChI=1S/C18H34N6O2.HI/c1-6-19-18(24-10-8-23(9-11-24)13-14(3)4)20-12-16-21-17(22-26-16)15(5)25-7-2;/h14-15H,6-13H2,1-5H3,(H,19,20);1H. The fourth-order valence-corrected chi connectivity index (χ4v) is 3.05. The van der Waals surface area contributed by atoms with E-state index < -0.39 is 0 Å². The third-order valence-electron chi connectivity index (χ3n) is 4.26. The molecule has 1 unspecified atom stereocenters. The summed E-state index contributed by atoms with van der Waals surface area (Å²) in [5, 5.41) is 7.36. The molecule has 27 heavy (non-hydrogen) atoms. The Hall–Kier alpha value is -0.940. The van der Waals surface area contributed by atoms with Gasteiger partial charge in [0.25, 0.3) is 0 Å². The van der Waals surface area contributed by atoms with Crippen molar-refractivity contribution in [3.63, 3.8) is 0 Å². The Morgan fingerprint density at radius 3 is 2.52 bits per heavy atom. The second kappa shape index (κ2) is 12.5. The molecule has 8 nitrogen and oxygen atoms in total. The van der Waals surface area contributed by atoms with Gasteiger partial charge in [0.15, 0.2) is 11.8 Å². The summed E-state index contributed by atoms with van der Waals surface area (Å²) in [6.45, 7) is 17.6. The van der Waals surface area contributed by atoms with E-state index in [2.05, 4.69) is 51.0 Å². The van der Waals surface area contributed by atoms with Crippen molar-refractivity contribution in [1.82, 2.24) is 25.3 Å². The Morgan fingerprint density at radius 2 is 1.93 bits per heavy atom. The number of hydrogen-bond donors (Lipinski definition) is 1. The van der Waals surface area contributed by atoms with Gasteiger partial charge in [-0.15, -0.1) is 24.0 Å². The third kappa shape index (κ3) is 7.90. The molecule has 0 bridgehead atoms. The number of rotatable bonds is 8. The molecule has 0 aromatic carbocycles. The van der Waals surface area contributed by atoms with Crippen LogP contribution in [0.5, 0.6) is 0 Å². The summed E-state index contributed by atoms with van der Waals surface area (Å²) in [6.07, 6.45) is -0.163. The van der Waals surface area contributed by atoms with E-state index in [4.69, 9.17) is 9.26 Å². The highest BCUT2D eigenvalue weighted by Crippen LogP contribution is 2.13. The van der Waals surface area contributed by atoms with E-state index >= 15 is 0 Å². The summed E-state index contributed by atoms with van der Waals surface area (Å²) in [7, 11) is 0. The first-order valence-corrected chi connectivity index (χ1v) is 9.73. The Kier molecular flexibility index (Phi) is 11.2. The number of halogens is 1. The Bertz CT molecular complexity index is 558. The molecule has 1 saturated heterocycles. The molecule has 0 saturated carbocycles. The van der Waals surface area contributed by atoms with Crippen molar-refractivity contribution in [2.45, 2.75) is 47.3 Å². The Morgan fingerprint density at radius 1 is 1.22 bits per heavy atom. The molecule has 1 aliphatic rings. The molecular weight excluding hydrogens is 459 g/mol. The highest BCUT2D eigenvalue weighted by Gasteiger charge is 2.20. The molecule has 1 atom stereocenters. The van der Waals surface area contributed by atoms with Crippen molar-refractivity contribution in [1.29, 1.82) is 0 Å². The highest BCUT2D eigenvalue weighted by molar-refractivity contribution is 14.0. The molecule has 0 amide bonds. The van der Waals surface area contributed by atoms with Crippen LogP contribution in [0.25, 0.3) is 0 Å². The summed E-state index contributed by atoms with van der Waals surface area (Å²) in [5.41, 5.74) is 0. The van der Waals surface area contributed by atoms with Crippen LogP contribution in [0.1, 0.15) is 52.4 Å². The van der Waals surface area contributed by atoms with Crippen molar-refractivity contribution in [3.05, 3.63) is 11.7 Å². The van der Waals surface area contributed by atoms with Gasteiger partial charge in [-0.05, 0) is 26.7 Å². The van der Waals surface area contributed by atoms with Gasteiger partial charge in [0.1, 0.15) is 12.6 Å². The van der Waals surface area contributed by atoms with Gasteiger partial charge in [-0.1, -0.05) is 19.0 Å². The third-order valence-corrected chi connectivity index (χ3v) is 4.26. The SMILES string of the molecule is CCNC(=NCc1nc(C(C)OCC)no1)N1CCN(CC(C)C)CC1.I. The zero-order valence-electron chi connectivity index (χ0n) is 17.3. The summed E-state index contributed by atoms with van der Waals surface area (Å²) >= 11 is 0. The van der Waals surface area contributed by atoms with Crippen LogP contribution >= 0.6 is 24.0 Å². The minimum absolute atomic E-state index is 0. The number of aliphatic imine (C=N–C) groups is 1. The van der Waals surface area contributed by atoms with Gasteiger partial charge in [-0.25, -0.2) is 4.99 Å². The highest BCUT2D eigenvalue weighted by atomic mass is 127. The minimum Gasteiger partial charge on any atom is -0.371 e. The van der Waals surface area contributed by atoms with Gasteiger partial charge in [0.05, 0.1) is 0 Å². The van der Waals surface area contributed by atoms with Gasteiger partial charge in [0, 0.05) is 45.9 Å². The van der Waals surface area contributed by atoms with Crippen LogP contribution in [0.4, 0.5) is 0 Å². The van der Waals surface area contributed by atoms with Crippen molar-refractivity contribution in [2.75, 3.05) is 45.9 Å². The van der Waals surface area contributed by atoms with Crippen LogP contribution in [-0.4, -0.2) is 71.8 Å². The molecule has 1 aliphatic heterocycles. The maximum Gasteiger partial charge on any atom is 0.248 e. The Balaban J connectivity index is 0.00000364. The maximum atomic E-state index is 5.49. The molecule has 1 aromatic rings. The number of hydrogen-bond acceptors (Lipinski definition) is 6. The summed E-state index contributed by atoms with van der Waals surface area (Å²) in [5.74, 6) is 2.70. The average Bonchev–Trinajstić information content (AvgIpc) is 3.08. The van der Waals surface area contributed by atoms with E-state index in [1.165, 1.54) is 0 Å². The normalized spacial score (nSPS) is 17.1. The van der Waals surface area contributed by atoms with E-state index in [1.54, 1.807) is 0 Å². The summed E-state index contributed by atoms with van der Waals surface area (Å²) < 4.78 is 10.8. The van der Waals surface area contributed by atoms with Gasteiger partial charge in [-0.2, -0.15) is 4.98 Å². The van der Waals surface area contributed by atoms with Crippen LogP contribution in [-0.2, 0) is 11.3 Å². The predicted octanol–water partition coefficient (Wildman–Crippen LogP) is 2.52. The second-order valence-electron chi connectivity index (χ2n) is 7.00. The molecule has 0 radical (unpaired) electrons. The number of aromatic nitrogens is 2. The van der Waals surface area contributed by atoms with Crippen LogP contribution in [0.2, 0.25) is 0 Å². The Labute approximate surface area is 180 Å². The second-order valence-corrected chi connectivity index (χ2v) is 7.00. The molecule has 0 spiro atoms. The van der Waals surface area contributed by atoms with Crippen LogP contribution in [0.3, 0.4) is 0 Å². The number of guanidine groups is 1. The van der Waals surface area contributed by atoms with E-state index in [9.17, 15) is 0 Å². The van der Waals surface area contributed by atoms with Gasteiger partial charge < -0.3 is 19.5 Å². The largest absolute Gasteiger partial charge is 0.371 e. The molecular formula is C18H35IN6O2. The number of piperazine rings is 1. The quantitative estimate of drug-likeness (QED) is 0.338. The van der Waals surface area contributed by atoms with Gasteiger partial charge in [-0.3, -0.25) is 4.90 Å². The molecule has 156 valence electrons. The average molecular weight is 494 g/mol.